The maximum absolute atomic E-state index is 13.0. The van der Waals surface area contributed by atoms with E-state index < -0.39 is 5.41 Å². The predicted molar refractivity (Wildman–Crippen MR) is 102 cm³/mol. The zero-order valence-electron chi connectivity index (χ0n) is 16.1. The molecular weight excluding hydrogens is 342 g/mol. The van der Waals surface area contributed by atoms with Crippen molar-refractivity contribution >= 4 is 23.4 Å². The monoisotopic (exact) mass is 369 g/mol. The molecule has 0 aromatic heterocycles. The number of para-hydroxylation sites is 1. The lowest BCUT2D eigenvalue weighted by molar-refractivity contribution is -0.142. The second-order valence-corrected chi connectivity index (χ2v) is 8.09. The van der Waals surface area contributed by atoms with Gasteiger partial charge in [0.25, 0.3) is 0 Å². The van der Waals surface area contributed by atoms with Gasteiger partial charge in [0.1, 0.15) is 0 Å². The Morgan fingerprint density at radius 2 is 1.78 bits per heavy atom. The van der Waals surface area contributed by atoms with E-state index in [2.05, 4.69) is 6.07 Å². The Bertz CT molecular complexity index is 783. The molecule has 27 heavy (non-hydrogen) atoms. The molecule has 1 atom stereocenters. The third kappa shape index (κ3) is 2.82. The standard InChI is InChI=1S/C21H27N3O3/c1-15(25)24-11-5-6-16(14-24)19(26)23-12-9-21(10-13-23)17-7-3-4-8-18(17)22(2)20(21)27/h3-4,7-8,16H,5-6,9-14H2,1-2H3. The smallest absolute Gasteiger partial charge is 0.237 e. The van der Waals surface area contributed by atoms with Gasteiger partial charge in [-0.05, 0) is 37.3 Å². The lowest BCUT2D eigenvalue weighted by Gasteiger charge is -2.41. The van der Waals surface area contributed by atoms with Crippen LogP contribution in [0.1, 0.15) is 38.2 Å². The van der Waals surface area contributed by atoms with Gasteiger partial charge in [0.15, 0.2) is 0 Å². The fourth-order valence-electron chi connectivity index (χ4n) is 5.03. The number of anilines is 1. The summed E-state index contributed by atoms with van der Waals surface area (Å²) in [5, 5.41) is 0. The van der Waals surface area contributed by atoms with Crippen LogP contribution in [0, 0.1) is 5.92 Å². The number of carbonyl (C=O) groups excluding carboxylic acids is 3. The summed E-state index contributed by atoms with van der Waals surface area (Å²) in [6.07, 6.45) is 3.06. The van der Waals surface area contributed by atoms with E-state index >= 15 is 0 Å². The van der Waals surface area contributed by atoms with Crippen molar-refractivity contribution in [3.63, 3.8) is 0 Å². The fourth-order valence-corrected chi connectivity index (χ4v) is 5.03. The van der Waals surface area contributed by atoms with E-state index in [9.17, 15) is 14.4 Å². The molecule has 0 radical (unpaired) electrons. The van der Waals surface area contributed by atoms with Crippen LogP contribution in [0.4, 0.5) is 5.69 Å². The molecule has 0 bridgehead atoms. The molecule has 2 saturated heterocycles. The van der Waals surface area contributed by atoms with E-state index in [1.165, 1.54) is 0 Å². The van der Waals surface area contributed by atoms with Crippen LogP contribution in [0.5, 0.6) is 0 Å². The van der Waals surface area contributed by atoms with Gasteiger partial charge < -0.3 is 14.7 Å². The molecule has 0 saturated carbocycles. The molecule has 1 spiro atoms. The normalized spacial score (nSPS) is 24.3. The van der Waals surface area contributed by atoms with Crippen molar-refractivity contribution in [2.45, 2.75) is 38.0 Å². The van der Waals surface area contributed by atoms with Crippen LogP contribution in [0.25, 0.3) is 0 Å². The van der Waals surface area contributed by atoms with E-state index in [0.717, 1.165) is 30.6 Å². The number of piperidine rings is 2. The molecule has 6 nitrogen and oxygen atoms in total. The lowest BCUT2D eigenvalue weighted by Crippen LogP contribution is -2.52. The summed E-state index contributed by atoms with van der Waals surface area (Å²) in [5.74, 6) is 0.228. The Kier molecular flexibility index (Phi) is 4.44. The Hall–Kier alpha value is -2.37. The van der Waals surface area contributed by atoms with E-state index in [0.29, 0.717) is 32.5 Å². The van der Waals surface area contributed by atoms with Crippen molar-refractivity contribution in [1.29, 1.82) is 0 Å². The SMILES string of the molecule is CC(=O)N1CCCC(C(=O)N2CCC3(CC2)C(=O)N(C)c2ccccc23)C1. The summed E-state index contributed by atoms with van der Waals surface area (Å²) in [6.45, 7) is 4.05. The number of nitrogens with zero attached hydrogens (tertiary/aromatic N) is 3. The second kappa shape index (κ2) is 6.66. The van der Waals surface area contributed by atoms with Crippen molar-refractivity contribution < 1.29 is 14.4 Å². The quantitative estimate of drug-likeness (QED) is 0.758. The van der Waals surface area contributed by atoms with Crippen molar-refractivity contribution in [2.24, 2.45) is 5.92 Å². The minimum absolute atomic E-state index is 0.0429. The second-order valence-electron chi connectivity index (χ2n) is 8.09. The number of amides is 3. The van der Waals surface area contributed by atoms with Gasteiger partial charge in [0.2, 0.25) is 17.7 Å². The molecule has 2 fully saturated rings. The molecular formula is C21H27N3O3. The third-order valence-corrected chi connectivity index (χ3v) is 6.64. The zero-order valence-corrected chi connectivity index (χ0v) is 16.1. The number of hydrogen-bond donors (Lipinski definition) is 0. The number of benzene rings is 1. The Labute approximate surface area is 160 Å². The van der Waals surface area contributed by atoms with E-state index in [1.807, 2.05) is 30.1 Å². The summed E-state index contributed by atoms with van der Waals surface area (Å²) in [4.78, 5) is 43.1. The van der Waals surface area contributed by atoms with E-state index in [1.54, 1.807) is 16.7 Å². The van der Waals surface area contributed by atoms with Gasteiger partial charge in [0.05, 0.1) is 11.3 Å². The molecule has 3 aliphatic heterocycles. The van der Waals surface area contributed by atoms with Gasteiger partial charge in [-0.25, -0.2) is 0 Å². The topological polar surface area (TPSA) is 60.9 Å². The molecule has 4 rings (SSSR count). The first-order valence-electron chi connectivity index (χ1n) is 9.86. The van der Waals surface area contributed by atoms with Crippen molar-refractivity contribution in [2.75, 3.05) is 38.1 Å². The number of fused-ring (bicyclic) bond motifs is 2. The molecule has 1 unspecified atom stereocenters. The number of carbonyl (C=O) groups is 3. The van der Waals surface area contributed by atoms with Gasteiger partial charge in [-0.15, -0.1) is 0 Å². The predicted octanol–water partition coefficient (Wildman–Crippen LogP) is 1.78. The summed E-state index contributed by atoms with van der Waals surface area (Å²) >= 11 is 0. The maximum atomic E-state index is 13.0. The molecule has 3 amide bonds. The van der Waals surface area contributed by atoms with Crippen LogP contribution >= 0.6 is 0 Å². The molecule has 0 N–H and O–H groups in total. The summed E-state index contributed by atoms with van der Waals surface area (Å²) in [7, 11) is 1.84. The zero-order chi connectivity index (χ0) is 19.2. The lowest BCUT2D eigenvalue weighted by atomic mass is 9.73. The number of rotatable bonds is 1. The number of likely N-dealkylation sites (tertiary alicyclic amines) is 2. The van der Waals surface area contributed by atoms with Crippen LogP contribution in [-0.4, -0.2) is 60.7 Å². The van der Waals surface area contributed by atoms with Crippen LogP contribution in [0.3, 0.4) is 0 Å². The van der Waals surface area contributed by atoms with Crippen molar-refractivity contribution in [3.05, 3.63) is 29.8 Å². The molecule has 1 aromatic carbocycles. The fraction of sp³-hybridized carbons (Fsp3) is 0.571. The van der Waals surface area contributed by atoms with Crippen molar-refractivity contribution in [3.8, 4) is 0 Å². The molecule has 3 aliphatic rings. The van der Waals surface area contributed by atoms with Gasteiger partial charge in [-0.2, -0.15) is 0 Å². The highest BCUT2D eigenvalue weighted by atomic mass is 16.2. The molecule has 6 heteroatoms. The Morgan fingerprint density at radius 1 is 1.07 bits per heavy atom. The van der Waals surface area contributed by atoms with Gasteiger partial charge in [-0.3, -0.25) is 14.4 Å². The first kappa shape index (κ1) is 18.0. The summed E-state index contributed by atoms with van der Waals surface area (Å²) in [6, 6.07) is 8.00. The Balaban J connectivity index is 1.47. The van der Waals surface area contributed by atoms with Crippen LogP contribution in [-0.2, 0) is 19.8 Å². The largest absolute Gasteiger partial charge is 0.342 e. The van der Waals surface area contributed by atoms with Gasteiger partial charge in [0, 0.05) is 45.8 Å². The minimum atomic E-state index is -0.486. The molecule has 0 aliphatic carbocycles. The van der Waals surface area contributed by atoms with Gasteiger partial charge >= 0.3 is 0 Å². The average Bonchev–Trinajstić information content (AvgIpc) is 2.91. The average molecular weight is 369 g/mol. The highest BCUT2D eigenvalue weighted by molar-refractivity contribution is 6.08. The maximum Gasteiger partial charge on any atom is 0.237 e. The first-order valence-corrected chi connectivity index (χ1v) is 9.86. The molecule has 144 valence electrons. The number of likely N-dealkylation sites (N-methyl/N-ethyl adjacent to an activating group) is 1. The Morgan fingerprint density at radius 3 is 2.48 bits per heavy atom. The van der Waals surface area contributed by atoms with Crippen LogP contribution in [0.15, 0.2) is 24.3 Å². The summed E-state index contributed by atoms with van der Waals surface area (Å²) < 4.78 is 0. The van der Waals surface area contributed by atoms with E-state index in [4.69, 9.17) is 0 Å². The number of hydrogen-bond acceptors (Lipinski definition) is 3. The molecule has 1 aromatic rings. The first-order chi connectivity index (χ1) is 12.9. The van der Waals surface area contributed by atoms with E-state index in [-0.39, 0.29) is 23.6 Å². The summed E-state index contributed by atoms with van der Waals surface area (Å²) in [5.41, 5.74) is 1.61. The minimum Gasteiger partial charge on any atom is -0.342 e. The highest BCUT2D eigenvalue weighted by Crippen LogP contribution is 2.47. The third-order valence-electron chi connectivity index (χ3n) is 6.64. The molecule has 3 heterocycles. The van der Waals surface area contributed by atoms with Gasteiger partial charge in [-0.1, -0.05) is 18.2 Å². The van der Waals surface area contributed by atoms with Crippen LogP contribution < -0.4 is 4.90 Å². The highest BCUT2D eigenvalue weighted by Gasteiger charge is 2.51. The van der Waals surface area contributed by atoms with Crippen molar-refractivity contribution in [1.82, 2.24) is 9.80 Å². The van der Waals surface area contributed by atoms with Crippen LogP contribution in [0.2, 0.25) is 0 Å².